The lowest BCUT2D eigenvalue weighted by Crippen LogP contribution is -2.55. The van der Waals surface area contributed by atoms with E-state index in [1.807, 2.05) is 0 Å². The molecule has 2 heterocycles. The van der Waals surface area contributed by atoms with Gasteiger partial charge in [0.1, 0.15) is 30.5 Å². The summed E-state index contributed by atoms with van der Waals surface area (Å²) in [7, 11) is 0. The van der Waals surface area contributed by atoms with Crippen LogP contribution < -0.4 is 0 Å². The largest absolute Gasteiger partial charge is 0.481 e. The number of aromatic nitrogens is 1. The molecule has 0 aliphatic carbocycles. The van der Waals surface area contributed by atoms with Gasteiger partial charge in [-0.3, -0.25) is 4.79 Å². The van der Waals surface area contributed by atoms with Crippen LogP contribution in [0.15, 0.2) is 24.3 Å². The first-order chi connectivity index (χ1) is 11.4. The third-order valence-corrected chi connectivity index (χ3v) is 4.35. The van der Waals surface area contributed by atoms with Crippen LogP contribution in [0.4, 0.5) is 0 Å². The number of fused-ring (bicyclic) bond motifs is 1. The molecule has 1 saturated heterocycles. The van der Waals surface area contributed by atoms with Crippen molar-refractivity contribution in [2.45, 2.75) is 36.9 Å². The number of ether oxygens (including phenoxy) is 1. The van der Waals surface area contributed by atoms with Crippen LogP contribution in [-0.2, 0) is 16.0 Å². The number of hydrogen-bond acceptors (Lipinski definition) is 6. The summed E-state index contributed by atoms with van der Waals surface area (Å²) in [6, 6.07) is 7.05. The molecule has 5 atom stereocenters. The molecule has 2 aromatic rings. The first kappa shape index (κ1) is 16.9. The average molecular weight is 337 g/mol. The minimum atomic E-state index is -1.52. The third-order valence-electron chi connectivity index (χ3n) is 4.35. The van der Waals surface area contributed by atoms with Gasteiger partial charge < -0.3 is 35.3 Å². The summed E-state index contributed by atoms with van der Waals surface area (Å²) in [6.07, 6.45) is -6.91. The molecule has 8 heteroatoms. The molecule has 24 heavy (non-hydrogen) atoms. The molecule has 0 bridgehead atoms. The van der Waals surface area contributed by atoms with E-state index in [0.717, 1.165) is 0 Å². The SMILES string of the molecule is O=C(O)Cc1c(C2O[C@H](CO)[C@@H](O)[C@H](O)[C@H]2O)[nH]c2ccccc12. The molecule has 1 aliphatic rings. The number of aliphatic carboxylic acids is 1. The number of carboxylic acids is 1. The Kier molecular flexibility index (Phi) is 4.57. The van der Waals surface area contributed by atoms with Gasteiger partial charge in [-0.05, 0) is 11.6 Å². The summed E-state index contributed by atoms with van der Waals surface area (Å²) in [5.41, 5.74) is 1.42. The number of nitrogens with one attached hydrogen (secondary N) is 1. The van der Waals surface area contributed by atoms with E-state index in [2.05, 4.69) is 4.98 Å². The highest BCUT2D eigenvalue weighted by molar-refractivity contribution is 5.88. The van der Waals surface area contributed by atoms with Gasteiger partial charge in [-0.25, -0.2) is 0 Å². The van der Waals surface area contributed by atoms with Crippen molar-refractivity contribution < 1.29 is 35.1 Å². The molecule has 0 saturated carbocycles. The predicted octanol–water partition coefficient (Wildman–Crippen LogP) is -0.690. The Labute approximate surface area is 136 Å². The van der Waals surface area contributed by atoms with Crippen molar-refractivity contribution in [1.82, 2.24) is 4.98 Å². The second-order valence-electron chi connectivity index (χ2n) is 5.88. The number of benzene rings is 1. The lowest BCUT2D eigenvalue weighted by molar-refractivity contribution is -0.232. The van der Waals surface area contributed by atoms with Crippen molar-refractivity contribution in [2.75, 3.05) is 6.61 Å². The topological polar surface area (TPSA) is 143 Å². The van der Waals surface area contributed by atoms with Crippen LogP contribution in [0, 0.1) is 0 Å². The Hall–Kier alpha value is -1.97. The summed E-state index contributed by atoms with van der Waals surface area (Å²) in [6.45, 7) is -0.546. The van der Waals surface area contributed by atoms with Gasteiger partial charge in [0.05, 0.1) is 18.7 Å². The lowest BCUT2D eigenvalue weighted by Gasteiger charge is -2.40. The number of aliphatic hydroxyl groups is 4. The Morgan fingerprint density at radius 1 is 1.12 bits per heavy atom. The van der Waals surface area contributed by atoms with Crippen LogP contribution in [-0.4, -0.2) is 67.5 Å². The highest BCUT2D eigenvalue weighted by Crippen LogP contribution is 2.36. The van der Waals surface area contributed by atoms with Crippen molar-refractivity contribution >= 4 is 16.9 Å². The van der Waals surface area contributed by atoms with Crippen molar-refractivity contribution in [3.63, 3.8) is 0 Å². The molecule has 6 N–H and O–H groups in total. The maximum Gasteiger partial charge on any atom is 0.307 e. The molecule has 0 spiro atoms. The fraction of sp³-hybridized carbons (Fsp3) is 0.438. The first-order valence-corrected chi connectivity index (χ1v) is 7.55. The Morgan fingerprint density at radius 2 is 1.83 bits per heavy atom. The number of carboxylic acid groups (broad SMARTS) is 1. The molecule has 3 rings (SSSR count). The van der Waals surface area contributed by atoms with Gasteiger partial charge in [-0.15, -0.1) is 0 Å². The van der Waals surface area contributed by atoms with Crippen molar-refractivity contribution in [3.05, 3.63) is 35.5 Å². The van der Waals surface area contributed by atoms with Crippen molar-refractivity contribution in [2.24, 2.45) is 0 Å². The van der Waals surface area contributed by atoms with E-state index in [1.54, 1.807) is 24.3 Å². The van der Waals surface area contributed by atoms with E-state index in [4.69, 9.17) is 4.74 Å². The summed E-state index contributed by atoms with van der Waals surface area (Å²) in [5, 5.41) is 49.3. The number of H-pyrrole nitrogens is 1. The average Bonchev–Trinajstić information content (AvgIpc) is 2.91. The summed E-state index contributed by atoms with van der Waals surface area (Å²) >= 11 is 0. The highest BCUT2D eigenvalue weighted by Gasteiger charge is 2.45. The first-order valence-electron chi connectivity index (χ1n) is 7.55. The molecule has 1 aromatic heterocycles. The maximum absolute atomic E-state index is 11.2. The van der Waals surface area contributed by atoms with E-state index in [0.29, 0.717) is 22.2 Å². The number of hydrogen-bond donors (Lipinski definition) is 6. The summed E-state index contributed by atoms with van der Waals surface area (Å²) in [4.78, 5) is 14.2. The van der Waals surface area contributed by atoms with Crippen LogP contribution in [0.5, 0.6) is 0 Å². The second kappa shape index (κ2) is 6.50. The van der Waals surface area contributed by atoms with Crippen LogP contribution in [0.1, 0.15) is 17.4 Å². The van der Waals surface area contributed by atoms with Gasteiger partial charge in [0.25, 0.3) is 0 Å². The fourth-order valence-corrected chi connectivity index (χ4v) is 3.15. The van der Waals surface area contributed by atoms with Crippen molar-refractivity contribution in [1.29, 1.82) is 0 Å². The quantitative estimate of drug-likeness (QED) is 0.433. The number of carbonyl (C=O) groups is 1. The number of para-hydroxylation sites is 1. The van der Waals surface area contributed by atoms with E-state index < -0.39 is 43.1 Å². The van der Waals surface area contributed by atoms with Crippen molar-refractivity contribution in [3.8, 4) is 0 Å². The number of aromatic amines is 1. The van der Waals surface area contributed by atoms with E-state index in [-0.39, 0.29) is 6.42 Å². The zero-order valence-electron chi connectivity index (χ0n) is 12.7. The predicted molar refractivity (Wildman–Crippen MR) is 82.4 cm³/mol. The molecule has 1 fully saturated rings. The molecular weight excluding hydrogens is 318 g/mol. The van der Waals surface area contributed by atoms with E-state index in [9.17, 15) is 30.3 Å². The number of rotatable bonds is 4. The molecule has 1 unspecified atom stereocenters. The maximum atomic E-state index is 11.2. The fourth-order valence-electron chi connectivity index (χ4n) is 3.15. The molecule has 8 nitrogen and oxygen atoms in total. The van der Waals surface area contributed by atoms with Gasteiger partial charge in [0, 0.05) is 10.9 Å². The normalized spacial score (nSPS) is 30.6. The molecule has 1 aliphatic heterocycles. The second-order valence-corrected chi connectivity index (χ2v) is 5.88. The molecule has 0 amide bonds. The van der Waals surface area contributed by atoms with Gasteiger partial charge >= 0.3 is 5.97 Å². The molecule has 130 valence electrons. The monoisotopic (exact) mass is 337 g/mol. The lowest BCUT2D eigenvalue weighted by atomic mass is 9.91. The minimum Gasteiger partial charge on any atom is -0.481 e. The molecular formula is C16H19NO7. The Bertz CT molecular complexity index is 741. The Balaban J connectivity index is 2.08. The molecule has 0 radical (unpaired) electrons. The van der Waals surface area contributed by atoms with Gasteiger partial charge in [0.15, 0.2) is 0 Å². The van der Waals surface area contributed by atoms with Crippen LogP contribution in [0.3, 0.4) is 0 Å². The van der Waals surface area contributed by atoms with Gasteiger partial charge in [-0.1, -0.05) is 18.2 Å². The van der Waals surface area contributed by atoms with E-state index >= 15 is 0 Å². The molecule has 1 aromatic carbocycles. The van der Waals surface area contributed by atoms with Crippen LogP contribution >= 0.6 is 0 Å². The summed E-state index contributed by atoms with van der Waals surface area (Å²) < 4.78 is 5.53. The van der Waals surface area contributed by atoms with Crippen LogP contribution in [0.2, 0.25) is 0 Å². The zero-order valence-corrected chi connectivity index (χ0v) is 12.7. The smallest absolute Gasteiger partial charge is 0.307 e. The summed E-state index contributed by atoms with van der Waals surface area (Å²) in [5.74, 6) is -1.05. The van der Waals surface area contributed by atoms with Gasteiger partial charge in [0.2, 0.25) is 0 Å². The Morgan fingerprint density at radius 3 is 2.50 bits per heavy atom. The van der Waals surface area contributed by atoms with E-state index in [1.165, 1.54) is 0 Å². The third kappa shape index (κ3) is 2.79. The zero-order chi connectivity index (χ0) is 17.4. The standard InChI is InChI=1S/C16H19NO7/c18-6-10-13(21)14(22)15(23)16(24-10)12-8(5-11(19)20)7-3-1-2-4-9(7)17-12/h1-4,10,13-18,21-23H,5-6H2,(H,19,20)/t10-,13-,14+,15-,16?/m1/s1. The van der Waals surface area contributed by atoms with Crippen LogP contribution in [0.25, 0.3) is 10.9 Å². The number of aliphatic hydroxyl groups excluding tert-OH is 4. The highest BCUT2D eigenvalue weighted by atomic mass is 16.5. The minimum absolute atomic E-state index is 0.297. The van der Waals surface area contributed by atoms with Gasteiger partial charge in [-0.2, -0.15) is 0 Å².